The average Bonchev–Trinajstić information content (AvgIpc) is 3.12. The van der Waals surface area contributed by atoms with Crippen LogP contribution in [0.4, 0.5) is 0 Å². The van der Waals surface area contributed by atoms with Gasteiger partial charge in [-0.1, -0.05) is 11.8 Å². The third-order valence-corrected chi connectivity index (χ3v) is 7.58. The Morgan fingerprint density at radius 2 is 2.29 bits per heavy atom. The highest BCUT2D eigenvalue weighted by molar-refractivity contribution is 8.00. The maximum absolute atomic E-state index is 12.5. The predicted octanol–water partition coefficient (Wildman–Crippen LogP) is 1.11. The number of sulfone groups is 1. The molecule has 0 aliphatic carbocycles. The number of hydrogen-bond donors (Lipinski definition) is 1. The van der Waals surface area contributed by atoms with E-state index in [0.717, 1.165) is 0 Å². The quantitative estimate of drug-likeness (QED) is 0.623. The van der Waals surface area contributed by atoms with Crippen LogP contribution in [0.5, 0.6) is 0 Å². The first-order chi connectivity index (χ1) is 11.3. The molecule has 1 fully saturated rings. The number of thioether (sulfide) groups is 1. The molecule has 130 valence electrons. The van der Waals surface area contributed by atoms with E-state index < -0.39 is 15.1 Å². The number of nitrogens with zero attached hydrogens (tertiary/aromatic N) is 2. The van der Waals surface area contributed by atoms with E-state index in [4.69, 9.17) is 0 Å². The van der Waals surface area contributed by atoms with E-state index in [1.165, 1.54) is 28.0 Å². The van der Waals surface area contributed by atoms with Crippen molar-refractivity contribution in [1.82, 2.24) is 14.9 Å². The van der Waals surface area contributed by atoms with Crippen LogP contribution in [-0.2, 0) is 14.6 Å². The van der Waals surface area contributed by atoms with Gasteiger partial charge in [0, 0.05) is 13.1 Å². The first-order valence-electron chi connectivity index (χ1n) is 7.38. The second-order valence-corrected chi connectivity index (χ2v) is 10.2. The van der Waals surface area contributed by atoms with Crippen molar-refractivity contribution in [3.63, 3.8) is 0 Å². The molecule has 3 heterocycles. The number of aromatic amines is 1. The molecule has 1 aliphatic heterocycles. The molecule has 3 rings (SSSR count). The van der Waals surface area contributed by atoms with Crippen LogP contribution in [0.25, 0.3) is 10.2 Å². The van der Waals surface area contributed by atoms with Crippen LogP contribution in [0.1, 0.15) is 13.3 Å². The molecule has 0 aromatic carbocycles. The van der Waals surface area contributed by atoms with E-state index >= 15 is 0 Å². The lowest BCUT2D eigenvalue weighted by Crippen LogP contribution is -2.41. The molecule has 1 aliphatic rings. The normalized spacial score (nSPS) is 21.0. The molecule has 10 heteroatoms. The Bertz CT molecular complexity index is 934. The Kier molecular flexibility index (Phi) is 4.71. The van der Waals surface area contributed by atoms with Gasteiger partial charge in [-0.05, 0) is 24.8 Å². The molecule has 1 N–H and O–H groups in total. The van der Waals surface area contributed by atoms with E-state index in [-0.39, 0.29) is 29.0 Å². The van der Waals surface area contributed by atoms with Gasteiger partial charge in [-0.15, -0.1) is 11.3 Å². The summed E-state index contributed by atoms with van der Waals surface area (Å²) in [5.41, 5.74) is -0.223. The maximum Gasteiger partial charge on any atom is 0.260 e. The molecule has 2 aromatic rings. The SMILES string of the molecule is C[C@H](Sc1nc2sccc2c(=O)[nH]1)C(=O)N(C)[C@@H]1CCS(=O)(=O)C1. The zero-order valence-electron chi connectivity index (χ0n) is 13.2. The molecular weight excluding hydrogens is 370 g/mol. The summed E-state index contributed by atoms with van der Waals surface area (Å²) in [4.78, 5) is 33.7. The fraction of sp³-hybridized carbons (Fsp3) is 0.500. The van der Waals surface area contributed by atoms with E-state index in [1.807, 2.05) is 0 Å². The number of rotatable bonds is 4. The molecule has 0 spiro atoms. The van der Waals surface area contributed by atoms with Gasteiger partial charge in [0.05, 0.1) is 22.1 Å². The molecule has 1 saturated heterocycles. The monoisotopic (exact) mass is 387 g/mol. The number of thiophene rings is 1. The minimum Gasteiger partial charge on any atom is -0.341 e. The summed E-state index contributed by atoms with van der Waals surface area (Å²) in [6, 6.07) is 1.43. The lowest BCUT2D eigenvalue weighted by Gasteiger charge is -2.26. The van der Waals surface area contributed by atoms with Crippen molar-refractivity contribution < 1.29 is 13.2 Å². The summed E-state index contributed by atoms with van der Waals surface area (Å²) in [5.74, 6) is -0.0279. The van der Waals surface area contributed by atoms with Crippen molar-refractivity contribution in [2.24, 2.45) is 0 Å². The number of aromatic nitrogens is 2. The molecule has 0 bridgehead atoms. The van der Waals surface area contributed by atoms with Crippen LogP contribution in [0.15, 0.2) is 21.4 Å². The molecule has 0 unspecified atom stereocenters. The Labute approximate surface area is 147 Å². The number of hydrogen-bond acceptors (Lipinski definition) is 7. The van der Waals surface area contributed by atoms with Crippen LogP contribution < -0.4 is 5.56 Å². The number of H-pyrrole nitrogens is 1. The van der Waals surface area contributed by atoms with Crippen LogP contribution in [0, 0.1) is 0 Å². The maximum atomic E-state index is 12.5. The van der Waals surface area contributed by atoms with E-state index in [9.17, 15) is 18.0 Å². The van der Waals surface area contributed by atoms with Crippen molar-refractivity contribution in [1.29, 1.82) is 0 Å². The topological polar surface area (TPSA) is 100 Å². The van der Waals surface area contributed by atoms with Gasteiger partial charge in [-0.2, -0.15) is 0 Å². The van der Waals surface area contributed by atoms with E-state index in [2.05, 4.69) is 9.97 Å². The summed E-state index contributed by atoms with van der Waals surface area (Å²) >= 11 is 2.54. The van der Waals surface area contributed by atoms with Crippen molar-refractivity contribution in [3.05, 3.63) is 21.8 Å². The lowest BCUT2D eigenvalue weighted by atomic mass is 10.2. The van der Waals surface area contributed by atoms with Gasteiger partial charge in [-0.25, -0.2) is 13.4 Å². The van der Waals surface area contributed by atoms with Crippen molar-refractivity contribution in [2.75, 3.05) is 18.6 Å². The molecule has 24 heavy (non-hydrogen) atoms. The predicted molar refractivity (Wildman–Crippen MR) is 95.4 cm³/mol. The van der Waals surface area contributed by atoms with Gasteiger partial charge in [0.25, 0.3) is 5.56 Å². The van der Waals surface area contributed by atoms with Crippen LogP contribution in [-0.4, -0.2) is 59.0 Å². The van der Waals surface area contributed by atoms with Crippen molar-refractivity contribution in [2.45, 2.75) is 29.8 Å². The van der Waals surface area contributed by atoms with Crippen LogP contribution >= 0.6 is 23.1 Å². The minimum absolute atomic E-state index is 0.0167. The number of nitrogens with one attached hydrogen (secondary N) is 1. The Balaban J connectivity index is 1.72. The van der Waals surface area contributed by atoms with E-state index in [0.29, 0.717) is 21.8 Å². The van der Waals surface area contributed by atoms with Crippen molar-refractivity contribution >= 4 is 49.1 Å². The van der Waals surface area contributed by atoms with Gasteiger partial charge in [0.1, 0.15) is 4.83 Å². The highest BCUT2D eigenvalue weighted by Gasteiger charge is 2.34. The largest absolute Gasteiger partial charge is 0.341 e. The standard InChI is InChI=1S/C14H17N3O4S3/c1-8(13(19)17(2)9-4-6-24(20,21)7-9)23-14-15-11(18)10-3-5-22-12(10)16-14/h3,5,8-9H,4,6-7H2,1-2H3,(H,15,16,18)/t8-,9+/m0/s1. The molecule has 2 aromatic heterocycles. The summed E-state index contributed by atoms with van der Waals surface area (Å²) in [5, 5.41) is 2.25. The third kappa shape index (κ3) is 3.50. The summed E-state index contributed by atoms with van der Waals surface area (Å²) in [7, 11) is -1.41. The number of carbonyl (C=O) groups excluding carboxylic acids is 1. The Hall–Kier alpha value is -1.39. The lowest BCUT2D eigenvalue weighted by molar-refractivity contribution is -0.130. The number of fused-ring (bicyclic) bond motifs is 1. The molecule has 0 saturated carbocycles. The van der Waals surface area contributed by atoms with Gasteiger partial charge < -0.3 is 9.88 Å². The first-order valence-corrected chi connectivity index (χ1v) is 11.0. The molecular formula is C14H17N3O4S3. The number of amides is 1. The fourth-order valence-corrected chi connectivity index (χ4v) is 6.16. The van der Waals surface area contributed by atoms with Crippen LogP contribution in [0.3, 0.4) is 0 Å². The van der Waals surface area contributed by atoms with Crippen molar-refractivity contribution in [3.8, 4) is 0 Å². The molecule has 2 atom stereocenters. The molecule has 0 radical (unpaired) electrons. The smallest absolute Gasteiger partial charge is 0.260 e. The summed E-state index contributed by atoms with van der Waals surface area (Å²) in [6.07, 6.45) is 0.470. The zero-order chi connectivity index (χ0) is 17.5. The van der Waals surface area contributed by atoms with Gasteiger partial charge in [0.15, 0.2) is 15.0 Å². The first kappa shape index (κ1) is 17.4. The minimum atomic E-state index is -3.04. The highest BCUT2D eigenvalue weighted by Crippen LogP contribution is 2.25. The second-order valence-electron chi connectivity index (χ2n) is 5.78. The zero-order valence-corrected chi connectivity index (χ0v) is 15.6. The molecule has 1 amide bonds. The Morgan fingerprint density at radius 1 is 1.54 bits per heavy atom. The second kappa shape index (κ2) is 6.49. The highest BCUT2D eigenvalue weighted by atomic mass is 32.2. The average molecular weight is 388 g/mol. The Morgan fingerprint density at radius 3 is 2.96 bits per heavy atom. The van der Waals surface area contributed by atoms with Gasteiger partial charge in [-0.3, -0.25) is 9.59 Å². The van der Waals surface area contributed by atoms with Gasteiger partial charge >= 0.3 is 0 Å². The van der Waals surface area contributed by atoms with Gasteiger partial charge in [0.2, 0.25) is 5.91 Å². The summed E-state index contributed by atoms with van der Waals surface area (Å²) in [6.45, 7) is 1.73. The van der Waals surface area contributed by atoms with E-state index in [1.54, 1.807) is 25.4 Å². The number of carbonyl (C=O) groups is 1. The fourth-order valence-electron chi connectivity index (χ4n) is 2.67. The summed E-state index contributed by atoms with van der Waals surface area (Å²) < 4.78 is 23.1. The molecule has 7 nitrogen and oxygen atoms in total. The van der Waals surface area contributed by atoms with Crippen LogP contribution in [0.2, 0.25) is 0 Å². The third-order valence-electron chi connectivity index (χ3n) is 4.05.